The molecule has 2 heteroatoms. The number of aryl methyl sites for hydroxylation is 1. The van der Waals surface area contributed by atoms with Gasteiger partial charge in [0.15, 0.2) is 0 Å². The van der Waals surface area contributed by atoms with Gasteiger partial charge in [-0.1, -0.05) is 0 Å². The number of hydrogen-bond acceptors (Lipinski definition) is 1. The van der Waals surface area contributed by atoms with E-state index in [2.05, 4.69) is 23.6 Å². The molecule has 0 fully saturated rings. The summed E-state index contributed by atoms with van der Waals surface area (Å²) in [4.78, 5) is 0. The van der Waals surface area contributed by atoms with Gasteiger partial charge >= 0.3 is 0 Å². The second-order valence-corrected chi connectivity index (χ2v) is 2.81. The summed E-state index contributed by atoms with van der Waals surface area (Å²) >= 11 is 0. The lowest BCUT2D eigenvalue weighted by molar-refractivity contribution is 1.19. The molecule has 0 unspecified atom stereocenters. The first-order valence-corrected chi connectivity index (χ1v) is 3.59. The Labute approximate surface area is 65.3 Å². The zero-order valence-electron chi connectivity index (χ0n) is 6.41. The standard InChI is InChI=1S/C9H10N2/c1-7-4-9-5-8(10)2-3-11(9)6-7/h2-6H,10H2,1H3. The van der Waals surface area contributed by atoms with Crippen molar-refractivity contribution < 1.29 is 0 Å². The van der Waals surface area contributed by atoms with Gasteiger partial charge in [0, 0.05) is 23.6 Å². The van der Waals surface area contributed by atoms with Crippen LogP contribution in [0.15, 0.2) is 30.6 Å². The van der Waals surface area contributed by atoms with Crippen LogP contribution in [0.2, 0.25) is 0 Å². The van der Waals surface area contributed by atoms with Crippen molar-refractivity contribution in [3.8, 4) is 0 Å². The van der Waals surface area contributed by atoms with Gasteiger partial charge < -0.3 is 10.1 Å². The van der Waals surface area contributed by atoms with Crippen LogP contribution in [0.5, 0.6) is 0 Å². The van der Waals surface area contributed by atoms with E-state index in [0.29, 0.717) is 0 Å². The van der Waals surface area contributed by atoms with Crippen LogP contribution >= 0.6 is 0 Å². The summed E-state index contributed by atoms with van der Waals surface area (Å²) in [5.41, 5.74) is 8.85. The largest absolute Gasteiger partial charge is 0.399 e. The fraction of sp³-hybridized carbons (Fsp3) is 0.111. The molecular formula is C9H10N2. The molecule has 0 aliphatic rings. The van der Waals surface area contributed by atoms with E-state index in [-0.39, 0.29) is 0 Å². The van der Waals surface area contributed by atoms with E-state index in [9.17, 15) is 0 Å². The fourth-order valence-corrected chi connectivity index (χ4v) is 1.27. The van der Waals surface area contributed by atoms with E-state index in [1.165, 1.54) is 5.56 Å². The van der Waals surface area contributed by atoms with Crippen LogP contribution in [0.4, 0.5) is 5.69 Å². The third-order valence-corrected chi connectivity index (χ3v) is 1.76. The maximum Gasteiger partial charge on any atom is 0.0473 e. The molecule has 0 spiro atoms. The van der Waals surface area contributed by atoms with Crippen molar-refractivity contribution in [3.05, 3.63) is 36.2 Å². The van der Waals surface area contributed by atoms with Crippen molar-refractivity contribution in [1.29, 1.82) is 0 Å². The van der Waals surface area contributed by atoms with Crippen molar-refractivity contribution in [2.45, 2.75) is 6.92 Å². The number of pyridine rings is 1. The van der Waals surface area contributed by atoms with Crippen LogP contribution in [0.1, 0.15) is 5.56 Å². The van der Waals surface area contributed by atoms with Crippen molar-refractivity contribution in [2.75, 3.05) is 5.73 Å². The van der Waals surface area contributed by atoms with Gasteiger partial charge in [-0.15, -0.1) is 0 Å². The van der Waals surface area contributed by atoms with Gasteiger partial charge in [-0.3, -0.25) is 0 Å². The van der Waals surface area contributed by atoms with Crippen LogP contribution in [-0.4, -0.2) is 4.40 Å². The van der Waals surface area contributed by atoms with Gasteiger partial charge in [0.2, 0.25) is 0 Å². The maximum absolute atomic E-state index is 5.62. The SMILES string of the molecule is Cc1cc2cc(N)ccn2c1. The summed E-state index contributed by atoms with van der Waals surface area (Å²) in [6, 6.07) is 5.97. The number of nitrogen functional groups attached to an aromatic ring is 1. The number of nitrogens with zero attached hydrogens (tertiary/aromatic N) is 1. The van der Waals surface area contributed by atoms with E-state index in [0.717, 1.165) is 11.2 Å². The normalized spacial score (nSPS) is 10.6. The molecule has 0 radical (unpaired) electrons. The highest BCUT2D eigenvalue weighted by molar-refractivity contribution is 5.58. The zero-order valence-corrected chi connectivity index (χ0v) is 6.41. The first-order chi connectivity index (χ1) is 5.25. The van der Waals surface area contributed by atoms with Crippen LogP contribution < -0.4 is 5.73 Å². The van der Waals surface area contributed by atoms with Crippen LogP contribution in [-0.2, 0) is 0 Å². The second-order valence-electron chi connectivity index (χ2n) is 2.81. The highest BCUT2D eigenvalue weighted by Gasteiger charge is 1.93. The number of fused-ring (bicyclic) bond motifs is 1. The molecule has 0 aliphatic heterocycles. The first-order valence-electron chi connectivity index (χ1n) is 3.59. The molecule has 2 aromatic rings. The molecule has 2 rings (SSSR count). The lowest BCUT2D eigenvalue weighted by Gasteiger charge is -1.94. The molecule has 0 saturated carbocycles. The van der Waals surface area contributed by atoms with Crippen molar-refractivity contribution >= 4 is 11.2 Å². The summed E-state index contributed by atoms with van der Waals surface area (Å²) < 4.78 is 2.06. The first kappa shape index (κ1) is 6.28. The van der Waals surface area contributed by atoms with Crippen LogP contribution in [0.25, 0.3) is 5.52 Å². The van der Waals surface area contributed by atoms with Gasteiger partial charge in [-0.05, 0) is 30.7 Å². The van der Waals surface area contributed by atoms with E-state index < -0.39 is 0 Å². The van der Waals surface area contributed by atoms with Crippen molar-refractivity contribution in [2.24, 2.45) is 0 Å². The molecular weight excluding hydrogens is 136 g/mol. The number of nitrogens with two attached hydrogens (primary N) is 1. The average Bonchev–Trinajstić information content (AvgIpc) is 2.27. The zero-order chi connectivity index (χ0) is 7.84. The average molecular weight is 146 g/mol. The minimum absolute atomic E-state index is 0.815. The summed E-state index contributed by atoms with van der Waals surface area (Å²) in [7, 11) is 0. The van der Waals surface area contributed by atoms with Crippen molar-refractivity contribution in [1.82, 2.24) is 4.40 Å². The predicted octanol–water partition coefficient (Wildman–Crippen LogP) is 1.83. The molecule has 2 nitrogen and oxygen atoms in total. The molecule has 2 heterocycles. The second kappa shape index (κ2) is 2.02. The van der Waals surface area contributed by atoms with E-state index in [1.807, 2.05) is 18.3 Å². The molecule has 0 aliphatic carbocycles. The Hall–Kier alpha value is -1.44. The Morgan fingerprint density at radius 3 is 3.00 bits per heavy atom. The topological polar surface area (TPSA) is 30.4 Å². The van der Waals surface area contributed by atoms with Gasteiger partial charge in [0.05, 0.1) is 0 Å². The van der Waals surface area contributed by atoms with E-state index in [1.54, 1.807) is 0 Å². The number of hydrogen-bond donors (Lipinski definition) is 1. The molecule has 0 atom stereocenters. The minimum atomic E-state index is 0.815. The fourth-order valence-electron chi connectivity index (χ4n) is 1.27. The molecule has 11 heavy (non-hydrogen) atoms. The maximum atomic E-state index is 5.62. The quantitative estimate of drug-likeness (QED) is 0.603. The predicted molar refractivity (Wildman–Crippen MR) is 46.5 cm³/mol. The van der Waals surface area contributed by atoms with Gasteiger partial charge in [0.25, 0.3) is 0 Å². The Balaban J connectivity index is 2.82. The number of anilines is 1. The molecule has 0 amide bonds. The Morgan fingerprint density at radius 1 is 1.36 bits per heavy atom. The minimum Gasteiger partial charge on any atom is -0.399 e. The number of rotatable bonds is 0. The van der Waals surface area contributed by atoms with Crippen LogP contribution in [0.3, 0.4) is 0 Å². The molecule has 2 aromatic heterocycles. The molecule has 0 saturated heterocycles. The Morgan fingerprint density at radius 2 is 2.18 bits per heavy atom. The van der Waals surface area contributed by atoms with Gasteiger partial charge in [-0.2, -0.15) is 0 Å². The summed E-state index contributed by atoms with van der Waals surface area (Å²) in [5, 5.41) is 0. The summed E-state index contributed by atoms with van der Waals surface area (Å²) in [6.07, 6.45) is 4.05. The van der Waals surface area contributed by atoms with E-state index >= 15 is 0 Å². The highest BCUT2D eigenvalue weighted by Crippen LogP contribution is 2.11. The van der Waals surface area contributed by atoms with E-state index in [4.69, 9.17) is 5.73 Å². The molecule has 0 bridgehead atoms. The summed E-state index contributed by atoms with van der Waals surface area (Å²) in [5.74, 6) is 0. The molecule has 56 valence electrons. The Bertz CT molecular complexity index is 387. The third kappa shape index (κ3) is 0.963. The van der Waals surface area contributed by atoms with Gasteiger partial charge in [-0.25, -0.2) is 0 Å². The van der Waals surface area contributed by atoms with Crippen LogP contribution in [0, 0.1) is 6.92 Å². The monoisotopic (exact) mass is 146 g/mol. The molecule has 0 aromatic carbocycles. The highest BCUT2D eigenvalue weighted by atomic mass is 14.9. The lowest BCUT2D eigenvalue weighted by Crippen LogP contribution is -1.86. The van der Waals surface area contributed by atoms with Gasteiger partial charge in [0.1, 0.15) is 0 Å². The smallest absolute Gasteiger partial charge is 0.0473 e. The number of aromatic nitrogens is 1. The molecule has 2 N–H and O–H groups in total. The lowest BCUT2D eigenvalue weighted by atomic mass is 10.3. The third-order valence-electron chi connectivity index (χ3n) is 1.76. The van der Waals surface area contributed by atoms with Crippen molar-refractivity contribution in [3.63, 3.8) is 0 Å². The summed E-state index contributed by atoms with van der Waals surface area (Å²) in [6.45, 7) is 2.07. The Kier molecular flexibility index (Phi) is 1.15.